The van der Waals surface area contributed by atoms with E-state index in [1.807, 2.05) is 24.3 Å². The Morgan fingerprint density at radius 1 is 0.565 bits per heavy atom. The van der Waals surface area contributed by atoms with Gasteiger partial charge < -0.3 is 4.42 Å². The molecule has 0 aliphatic carbocycles. The zero-order valence-corrected chi connectivity index (χ0v) is 12.1. The maximum absolute atomic E-state index is 12.4. The average Bonchev–Trinajstić information content (AvgIpc) is 2.60. The highest BCUT2D eigenvalue weighted by atomic mass is 16.4. The van der Waals surface area contributed by atoms with Crippen LogP contribution in [0.25, 0.3) is 54.1 Å². The lowest BCUT2D eigenvalue weighted by Crippen LogP contribution is -2.01. The highest BCUT2D eigenvalue weighted by molar-refractivity contribution is 6.38. The topological polar surface area (TPSA) is 30.2 Å². The molecule has 0 N–H and O–H groups in total. The Kier molecular flexibility index (Phi) is 1.79. The smallest absolute Gasteiger partial charge is 0.344 e. The van der Waals surface area contributed by atoms with E-state index in [1.54, 1.807) is 0 Å². The van der Waals surface area contributed by atoms with Crippen molar-refractivity contribution in [1.82, 2.24) is 0 Å². The molecule has 0 saturated carbocycles. The lowest BCUT2D eigenvalue weighted by atomic mass is 9.88. The predicted octanol–water partition coefficient (Wildman–Crippen LogP) is 5.28. The molecule has 23 heavy (non-hydrogen) atoms. The Bertz CT molecular complexity index is 1420. The lowest BCUT2D eigenvalue weighted by Gasteiger charge is -2.16. The molecule has 0 radical (unpaired) electrons. The monoisotopic (exact) mass is 294 g/mol. The Hall–Kier alpha value is -3.13. The fraction of sp³-hybridized carbons (Fsp3) is 0. The van der Waals surface area contributed by atoms with Crippen LogP contribution in [-0.4, -0.2) is 0 Å². The van der Waals surface area contributed by atoms with Gasteiger partial charge >= 0.3 is 5.63 Å². The van der Waals surface area contributed by atoms with Gasteiger partial charge in [-0.1, -0.05) is 48.5 Å². The van der Waals surface area contributed by atoms with Crippen LogP contribution in [0.15, 0.2) is 69.9 Å². The first-order chi connectivity index (χ1) is 11.3. The Balaban J connectivity index is 2.23. The third kappa shape index (κ3) is 1.20. The van der Waals surface area contributed by atoms with Crippen LogP contribution in [0.1, 0.15) is 0 Å². The Morgan fingerprint density at radius 3 is 1.96 bits per heavy atom. The molecule has 5 aromatic carbocycles. The Morgan fingerprint density at radius 2 is 1.22 bits per heavy atom. The van der Waals surface area contributed by atoms with Gasteiger partial charge in [-0.15, -0.1) is 0 Å². The van der Waals surface area contributed by atoms with Crippen molar-refractivity contribution < 1.29 is 4.42 Å². The minimum absolute atomic E-state index is 0.261. The molecule has 2 heteroatoms. The summed E-state index contributed by atoms with van der Waals surface area (Å²) >= 11 is 0. The van der Waals surface area contributed by atoms with Gasteiger partial charge in [0.15, 0.2) is 0 Å². The predicted molar refractivity (Wildman–Crippen MR) is 94.9 cm³/mol. The quantitative estimate of drug-likeness (QED) is 0.217. The van der Waals surface area contributed by atoms with Gasteiger partial charge in [0.25, 0.3) is 0 Å². The summed E-state index contributed by atoms with van der Waals surface area (Å²) in [6.07, 6.45) is 0. The van der Waals surface area contributed by atoms with E-state index in [9.17, 15) is 4.79 Å². The van der Waals surface area contributed by atoms with E-state index in [2.05, 4.69) is 36.4 Å². The minimum atomic E-state index is -0.261. The van der Waals surface area contributed by atoms with E-state index >= 15 is 0 Å². The largest absolute Gasteiger partial charge is 0.422 e. The summed E-state index contributed by atoms with van der Waals surface area (Å²) in [6.45, 7) is 0. The molecular formula is C21H10O2. The second kappa shape index (κ2) is 3.61. The van der Waals surface area contributed by atoms with Crippen LogP contribution in [0, 0.1) is 0 Å². The van der Waals surface area contributed by atoms with E-state index in [4.69, 9.17) is 4.42 Å². The van der Waals surface area contributed by atoms with Crippen molar-refractivity contribution in [2.24, 2.45) is 0 Å². The van der Waals surface area contributed by atoms with Gasteiger partial charge in [0, 0.05) is 16.2 Å². The minimum Gasteiger partial charge on any atom is -0.422 e. The molecule has 0 unspecified atom stereocenters. The maximum atomic E-state index is 12.4. The van der Waals surface area contributed by atoms with E-state index < -0.39 is 0 Å². The number of benzene rings is 5. The molecule has 106 valence electrons. The normalized spacial score (nSPS) is 12.5. The standard InChI is InChI=1S/C21H10O2/c22-21-15-9-7-11-3-1-5-13-14-6-2-4-12-8-10-16(23-21)20(18(12)14)19(15)17(11)13/h1-10H. The first-order valence-corrected chi connectivity index (χ1v) is 7.67. The molecule has 0 atom stereocenters. The van der Waals surface area contributed by atoms with Crippen LogP contribution in [-0.2, 0) is 0 Å². The SMILES string of the molecule is O=c1oc2ccc3cccc4c5cccc6ccc1c(c65)c2c34. The fourth-order valence-corrected chi connectivity index (χ4v) is 4.11. The number of rotatable bonds is 0. The van der Waals surface area contributed by atoms with Gasteiger partial charge in [-0.05, 0) is 39.1 Å². The molecule has 0 aliphatic heterocycles. The zero-order chi connectivity index (χ0) is 15.1. The summed E-state index contributed by atoms with van der Waals surface area (Å²) in [5.74, 6) is 0. The van der Waals surface area contributed by atoms with Crippen molar-refractivity contribution in [2.75, 3.05) is 0 Å². The van der Waals surface area contributed by atoms with Crippen LogP contribution in [0.4, 0.5) is 0 Å². The summed E-state index contributed by atoms with van der Waals surface area (Å²) in [5.41, 5.74) is 0.410. The molecule has 0 amide bonds. The molecule has 1 heterocycles. The van der Waals surface area contributed by atoms with Crippen molar-refractivity contribution in [3.63, 3.8) is 0 Å². The van der Waals surface area contributed by atoms with Crippen LogP contribution in [0.2, 0.25) is 0 Å². The summed E-state index contributed by atoms with van der Waals surface area (Å²) in [7, 11) is 0. The van der Waals surface area contributed by atoms with Gasteiger partial charge in [-0.3, -0.25) is 0 Å². The van der Waals surface area contributed by atoms with Crippen molar-refractivity contribution in [1.29, 1.82) is 0 Å². The molecule has 0 saturated heterocycles. The molecule has 0 fully saturated rings. The van der Waals surface area contributed by atoms with Gasteiger partial charge in [-0.25, -0.2) is 4.79 Å². The van der Waals surface area contributed by atoms with Crippen LogP contribution in [0.5, 0.6) is 0 Å². The summed E-state index contributed by atoms with van der Waals surface area (Å²) < 4.78 is 5.60. The van der Waals surface area contributed by atoms with Crippen LogP contribution >= 0.6 is 0 Å². The van der Waals surface area contributed by atoms with E-state index in [-0.39, 0.29) is 5.63 Å². The van der Waals surface area contributed by atoms with Crippen molar-refractivity contribution in [3.05, 3.63) is 71.1 Å². The molecule has 6 rings (SSSR count). The van der Waals surface area contributed by atoms with Gasteiger partial charge in [0.05, 0.1) is 5.39 Å². The van der Waals surface area contributed by atoms with Crippen LogP contribution < -0.4 is 5.63 Å². The van der Waals surface area contributed by atoms with Gasteiger partial charge in [0.1, 0.15) is 5.58 Å². The molecule has 0 bridgehead atoms. The molecule has 2 nitrogen and oxygen atoms in total. The summed E-state index contributed by atoms with van der Waals surface area (Å²) in [6, 6.07) is 20.5. The molecule has 0 aliphatic rings. The number of hydrogen-bond donors (Lipinski definition) is 0. The lowest BCUT2D eigenvalue weighted by molar-refractivity contribution is 0.570. The average molecular weight is 294 g/mol. The zero-order valence-electron chi connectivity index (χ0n) is 12.1. The molecule has 6 aromatic rings. The van der Waals surface area contributed by atoms with Crippen molar-refractivity contribution in [3.8, 4) is 0 Å². The van der Waals surface area contributed by atoms with Crippen molar-refractivity contribution in [2.45, 2.75) is 0 Å². The molecule has 1 aromatic heterocycles. The summed E-state index contributed by atoms with van der Waals surface area (Å²) in [4.78, 5) is 12.4. The van der Waals surface area contributed by atoms with Crippen LogP contribution in [0.3, 0.4) is 0 Å². The first kappa shape index (κ1) is 11.4. The van der Waals surface area contributed by atoms with E-state index in [0.29, 0.717) is 11.0 Å². The number of fused-ring (bicyclic) bond motifs is 1. The third-order valence-corrected chi connectivity index (χ3v) is 5.02. The first-order valence-electron chi connectivity index (χ1n) is 7.67. The second-order valence-electron chi connectivity index (χ2n) is 6.12. The fourth-order valence-electron chi connectivity index (χ4n) is 4.11. The summed E-state index contributed by atoms with van der Waals surface area (Å²) in [5, 5.41) is 9.87. The third-order valence-electron chi connectivity index (χ3n) is 5.02. The highest BCUT2D eigenvalue weighted by Gasteiger charge is 2.19. The Labute approximate surface area is 130 Å². The second-order valence-corrected chi connectivity index (χ2v) is 6.12. The van der Waals surface area contributed by atoms with E-state index in [1.165, 1.54) is 21.5 Å². The van der Waals surface area contributed by atoms with Crippen molar-refractivity contribution >= 4 is 54.1 Å². The number of hydrogen-bond acceptors (Lipinski definition) is 2. The maximum Gasteiger partial charge on any atom is 0.344 e. The molecular weight excluding hydrogens is 284 g/mol. The highest BCUT2D eigenvalue weighted by Crippen LogP contribution is 2.43. The molecule has 0 spiro atoms. The van der Waals surface area contributed by atoms with E-state index in [0.717, 1.165) is 21.5 Å². The van der Waals surface area contributed by atoms with Gasteiger partial charge in [-0.2, -0.15) is 0 Å². The van der Waals surface area contributed by atoms with Gasteiger partial charge in [0.2, 0.25) is 0 Å².